The van der Waals surface area contributed by atoms with E-state index in [9.17, 15) is 0 Å². The number of hydrogen-bond acceptors (Lipinski definition) is 1. The number of rotatable bonds is 0. The molecule has 0 aromatic heterocycles. The monoisotopic (exact) mass is 280 g/mol. The van der Waals surface area contributed by atoms with Crippen molar-refractivity contribution in [3.8, 4) is 5.75 Å². The van der Waals surface area contributed by atoms with Crippen molar-refractivity contribution in [2.45, 2.75) is 81.6 Å². The molecule has 2 aliphatic rings. The van der Waals surface area contributed by atoms with Crippen molar-refractivity contribution in [2.75, 3.05) is 6.61 Å². The van der Waals surface area contributed by atoms with E-state index in [1.165, 1.54) is 30.6 Å². The molecule has 3 rings (SSSR count). The minimum Gasteiger partial charge on any atom is -0.493 e. The van der Waals surface area contributed by atoms with Gasteiger partial charge in [0.15, 0.2) is 0 Å². The zero-order chi connectivity index (χ0) is 11.3. The molecule has 1 aliphatic heterocycles. The Bertz CT molecular complexity index is 406. The first-order valence-electron chi connectivity index (χ1n) is 6.38. The third-order valence-electron chi connectivity index (χ3n) is 3.83. The van der Waals surface area contributed by atoms with Crippen molar-refractivity contribution in [3.05, 3.63) is 28.3 Å². The van der Waals surface area contributed by atoms with Gasteiger partial charge in [-0.05, 0) is 47.4 Å². The maximum absolute atomic E-state index is 5.76. The molecule has 1 aliphatic carbocycles. The van der Waals surface area contributed by atoms with Crippen molar-refractivity contribution < 1.29 is 4.74 Å². The summed E-state index contributed by atoms with van der Waals surface area (Å²) in [6, 6.07) is 2.31. The van der Waals surface area contributed by atoms with Crippen molar-refractivity contribution in [3.63, 3.8) is 0 Å². The van der Waals surface area contributed by atoms with E-state index >= 15 is 0 Å². The first kappa shape index (κ1) is 21.3. The lowest BCUT2D eigenvalue weighted by Crippen LogP contribution is -2.17. The molecular weight excluding hydrogens is 244 g/mol. The summed E-state index contributed by atoms with van der Waals surface area (Å²) < 4.78 is 5.76. The van der Waals surface area contributed by atoms with Crippen LogP contribution in [-0.2, 0) is 24.7 Å². The fraction of sp³-hybridized carbons (Fsp3) is 0.684. The fourth-order valence-corrected chi connectivity index (χ4v) is 3.31. The van der Waals surface area contributed by atoms with Gasteiger partial charge in [0.05, 0.1) is 6.61 Å². The van der Waals surface area contributed by atoms with E-state index in [0.717, 1.165) is 13.0 Å². The Kier molecular flexibility index (Phi) is 7.62. The molecule has 0 fully saturated rings. The Labute approximate surface area is 127 Å². The van der Waals surface area contributed by atoms with E-state index in [0.29, 0.717) is 0 Å². The van der Waals surface area contributed by atoms with Gasteiger partial charge < -0.3 is 4.74 Å². The van der Waals surface area contributed by atoms with Crippen molar-refractivity contribution in [1.82, 2.24) is 0 Å². The lowest BCUT2D eigenvalue weighted by Gasteiger charge is -2.26. The average Bonchev–Trinajstić information content (AvgIpc) is 2.77. The Hall–Kier alpha value is -0.980. The van der Waals surface area contributed by atoms with Crippen LogP contribution in [0.5, 0.6) is 5.75 Å². The van der Waals surface area contributed by atoms with Crippen molar-refractivity contribution in [2.24, 2.45) is 0 Å². The number of aryl methyl sites for hydroxylation is 1. The van der Waals surface area contributed by atoms with Gasteiger partial charge in [0, 0.05) is 12.0 Å². The predicted molar refractivity (Wildman–Crippen MR) is 93.3 cm³/mol. The summed E-state index contributed by atoms with van der Waals surface area (Å²) in [7, 11) is 0. The van der Waals surface area contributed by atoms with Crippen LogP contribution in [0.3, 0.4) is 0 Å². The van der Waals surface area contributed by atoms with E-state index in [4.69, 9.17) is 4.74 Å². The topological polar surface area (TPSA) is 9.23 Å². The van der Waals surface area contributed by atoms with Gasteiger partial charge in [0.2, 0.25) is 0 Å². The third-order valence-corrected chi connectivity index (χ3v) is 3.83. The summed E-state index contributed by atoms with van der Waals surface area (Å²) >= 11 is 0. The lowest BCUT2D eigenvalue weighted by atomic mass is 9.79. The van der Waals surface area contributed by atoms with Gasteiger partial charge in [-0.1, -0.05) is 50.5 Å². The third kappa shape index (κ3) is 3.19. The van der Waals surface area contributed by atoms with Crippen LogP contribution in [-0.4, -0.2) is 6.61 Å². The number of benzene rings is 1. The van der Waals surface area contributed by atoms with E-state index in [2.05, 4.69) is 26.8 Å². The summed E-state index contributed by atoms with van der Waals surface area (Å²) in [6.45, 7) is 7.87. The van der Waals surface area contributed by atoms with Gasteiger partial charge in [0.1, 0.15) is 5.75 Å². The number of fused-ring (bicyclic) bond motifs is 2. The highest BCUT2D eigenvalue weighted by molar-refractivity contribution is 5.55. The first-order chi connectivity index (χ1) is 7.57. The van der Waals surface area contributed by atoms with Crippen LogP contribution in [0.4, 0.5) is 0 Å². The minimum atomic E-state index is 0. The predicted octanol–water partition coefficient (Wildman–Crippen LogP) is 5.95. The largest absolute Gasteiger partial charge is 0.493 e. The molecule has 118 valence electrons. The van der Waals surface area contributed by atoms with Gasteiger partial charge in [-0.2, -0.15) is 0 Å². The highest BCUT2D eigenvalue weighted by atomic mass is 16.5. The molecule has 20 heavy (non-hydrogen) atoms. The van der Waals surface area contributed by atoms with Gasteiger partial charge in [-0.3, -0.25) is 0 Å². The van der Waals surface area contributed by atoms with Gasteiger partial charge >= 0.3 is 0 Å². The summed E-state index contributed by atoms with van der Waals surface area (Å²) in [5.74, 6) is 1.17. The summed E-state index contributed by atoms with van der Waals surface area (Å²) in [4.78, 5) is 0. The van der Waals surface area contributed by atoms with Crippen LogP contribution in [0.2, 0.25) is 0 Å². The first-order valence-corrected chi connectivity index (χ1v) is 6.38. The fourth-order valence-electron chi connectivity index (χ4n) is 3.31. The second-order valence-electron chi connectivity index (χ2n) is 6.07. The second-order valence-corrected chi connectivity index (χ2v) is 6.07. The van der Waals surface area contributed by atoms with E-state index in [-0.39, 0.29) is 35.1 Å². The van der Waals surface area contributed by atoms with Crippen LogP contribution in [0.15, 0.2) is 6.07 Å². The number of ether oxygens (including phenoxy) is 1. The molecule has 0 saturated carbocycles. The Balaban J connectivity index is 0. The van der Waals surface area contributed by atoms with E-state index < -0.39 is 0 Å². The molecule has 0 amide bonds. The molecule has 0 bridgehead atoms. The van der Waals surface area contributed by atoms with Crippen molar-refractivity contribution >= 4 is 0 Å². The normalized spacial score (nSPS) is 14.6. The molecule has 1 heteroatoms. The molecule has 0 spiro atoms. The average molecular weight is 280 g/mol. The molecular formula is C19H36O. The molecule has 1 aromatic rings. The van der Waals surface area contributed by atoms with Gasteiger partial charge in [0.25, 0.3) is 0 Å². The zero-order valence-corrected chi connectivity index (χ0v) is 10.5. The molecule has 1 nitrogen and oxygen atoms in total. The standard InChI is InChI=1S/C15H20O.4CH4/c1-15(2,3)14-11-6-4-5-10(11)9-13-12(14)7-8-16-13;;;;/h9H,4-8H2,1-3H3;4*1H4. The smallest absolute Gasteiger partial charge is 0.123 e. The Morgan fingerprint density at radius 3 is 2.15 bits per heavy atom. The highest BCUT2D eigenvalue weighted by Gasteiger charge is 2.30. The quantitative estimate of drug-likeness (QED) is 0.570. The highest BCUT2D eigenvalue weighted by Crippen LogP contribution is 2.42. The van der Waals surface area contributed by atoms with Crippen LogP contribution in [0.25, 0.3) is 0 Å². The van der Waals surface area contributed by atoms with E-state index in [1.54, 1.807) is 16.7 Å². The van der Waals surface area contributed by atoms with Crippen LogP contribution in [0.1, 0.15) is 79.2 Å². The summed E-state index contributed by atoms with van der Waals surface area (Å²) in [5, 5.41) is 0. The lowest BCUT2D eigenvalue weighted by molar-refractivity contribution is 0.356. The Morgan fingerprint density at radius 1 is 0.900 bits per heavy atom. The maximum atomic E-state index is 5.76. The molecule has 0 atom stereocenters. The maximum Gasteiger partial charge on any atom is 0.123 e. The van der Waals surface area contributed by atoms with Crippen LogP contribution >= 0.6 is 0 Å². The molecule has 0 N–H and O–H groups in total. The van der Waals surface area contributed by atoms with Crippen LogP contribution in [0, 0.1) is 0 Å². The van der Waals surface area contributed by atoms with Gasteiger partial charge in [-0.15, -0.1) is 0 Å². The molecule has 1 heterocycles. The summed E-state index contributed by atoms with van der Waals surface area (Å²) in [5.41, 5.74) is 6.53. The minimum absolute atomic E-state index is 0. The summed E-state index contributed by atoms with van der Waals surface area (Å²) in [6.07, 6.45) is 4.95. The SMILES string of the molecule is C.C.C.C.CC(C)(C)c1c2c(cc3c1CCO3)CCC2. The van der Waals surface area contributed by atoms with Crippen molar-refractivity contribution in [1.29, 1.82) is 0 Å². The van der Waals surface area contributed by atoms with Gasteiger partial charge in [-0.25, -0.2) is 0 Å². The van der Waals surface area contributed by atoms with Crippen LogP contribution < -0.4 is 4.74 Å². The second kappa shape index (κ2) is 7.15. The zero-order valence-electron chi connectivity index (χ0n) is 10.5. The molecule has 0 unspecified atom stereocenters. The van der Waals surface area contributed by atoms with E-state index in [1.807, 2.05) is 0 Å². The molecule has 0 saturated heterocycles. The number of hydrogen-bond donors (Lipinski definition) is 0. The molecule has 1 aromatic carbocycles. The Morgan fingerprint density at radius 2 is 1.55 bits per heavy atom. The molecule has 0 radical (unpaired) electrons.